The number of allylic oxidation sites excluding steroid dienone is 2. The van der Waals surface area contributed by atoms with Crippen molar-refractivity contribution in [1.82, 2.24) is 0 Å². The van der Waals surface area contributed by atoms with Crippen LogP contribution in [0.3, 0.4) is 0 Å². The lowest BCUT2D eigenvalue weighted by Crippen LogP contribution is -2.17. The molecule has 0 atom stereocenters. The Hall–Kier alpha value is -0.195. The zero-order chi connectivity index (χ0) is 24.2. The Kier molecular flexibility index (Phi) is 27.9. The smallest absolute Gasteiger partial charge is 0.105 e. The molecule has 0 aromatic rings. The van der Waals surface area contributed by atoms with E-state index in [0.717, 1.165) is 6.71 Å². The third-order valence-electron chi connectivity index (χ3n) is 7.62. The van der Waals surface area contributed by atoms with Crippen LogP contribution in [-0.4, -0.2) is 6.71 Å². The Bertz CT molecular complexity index is 370. The highest BCUT2D eigenvalue weighted by Gasteiger charge is 2.18. The molecular formula is C32H65B. The highest BCUT2D eigenvalue weighted by atomic mass is 14.0. The largest absolute Gasteiger partial charge is 0.170 e. The summed E-state index contributed by atoms with van der Waals surface area (Å²) in [6.45, 7) is 10.2. The quantitative estimate of drug-likeness (QED) is 0.0844. The summed E-state index contributed by atoms with van der Waals surface area (Å²) in [7, 11) is 0. The molecular weight excluding hydrogens is 395 g/mol. The number of hydrogen-bond acceptors (Lipinski definition) is 0. The molecule has 1 heteroatoms. The second kappa shape index (κ2) is 28.0. The maximum atomic E-state index is 2.74. The summed E-state index contributed by atoms with van der Waals surface area (Å²) >= 11 is 0. The van der Waals surface area contributed by atoms with Crippen LogP contribution < -0.4 is 0 Å². The maximum absolute atomic E-state index is 2.74. The molecule has 196 valence electrons. The van der Waals surface area contributed by atoms with Gasteiger partial charge in [-0.2, -0.15) is 0 Å². The van der Waals surface area contributed by atoms with E-state index in [1.54, 1.807) is 0 Å². The van der Waals surface area contributed by atoms with Crippen LogP contribution in [0.1, 0.15) is 182 Å². The molecule has 33 heavy (non-hydrogen) atoms. The first kappa shape index (κ1) is 32.8. The lowest BCUT2D eigenvalue weighted by Gasteiger charge is -2.19. The van der Waals surface area contributed by atoms with Gasteiger partial charge in [0.1, 0.15) is 0 Å². The molecule has 0 amide bonds. The number of rotatable bonds is 27. The zero-order valence-electron chi connectivity index (χ0n) is 24.0. The Morgan fingerprint density at radius 1 is 0.424 bits per heavy atom. The van der Waals surface area contributed by atoms with Crippen molar-refractivity contribution >= 4 is 6.71 Å². The molecule has 0 fully saturated rings. The van der Waals surface area contributed by atoms with Gasteiger partial charge in [-0.3, -0.25) is 0 Å². The van der Waals surface area contributed by atoms with Crippen molar-refractivity contribution in [3.05, 3.63) is 11.5 Å². The van der Waals surface area contributed by atoms with Gasteiger partial charge in [0.15, 0.2) is 6.71 Å². The average molecular weight is 461 g/mol. The monoisotopic (exact) mass is 461 g/mol. The SMILES string of the molecule is CCCCCCC=C(CCCCCCCC)B(CCCCCCCC)CCCCCCCC. The minimum Gasteiger partial charge on any atom is -0.105 e. The molecule has 0 saturated carbocycles. The molecule has 0 heterocycles. The molecule has 0 radical (unpaired) electrons. The van der Waals surface area contributed by atoms with Crippen molar-refractivity contribution in [1.29, 1.82) is 0 Å². The Morgan fingerprint density at radius 2 is 0.788 bits per heavy atom. The van der Waals surface area contributed by atoms with Gasteiger partial charge in [0.05, 0.1) is 0 Å². The van der Waals surface area contributed by atoms with Gasteiger partial charge < -0.3 is 0 Å². The van der Waals surface area contributed by atoms with Crippen molar-refractivity contribution in [2.24, 2.45) is 0 Å². The summed E-state index contributed by atoms with van der Waals surface area (Å²) in [5.41, 5.74) is 1.88. The second-order valence-electron chi connectivity index (χ2n) is 11.0. The van der Waals surface area contributed by atoms with Crippen LogP contribution in [0.25, 0.3) is 0 Å². The predicted molar refractivity (Wildman–Crippen MR) is 157 cm³/mol. The van der Waals surface area contributed by atoms with E-state index in [0.29, 0.717) is 0 Å². The summed E-state index contributed by atoms with van der Waals surface area (Å²) in [5.74, 6) is 0. The van der Waals surface area contributed by atoms with Gasteiger partial charge in [-0.05, 0) is 19.3 Å². The van der Waals surface area contributed by atoms with Gasteiger partial charge >= 0.3 is 0 Å². The van der Waals surface area contributed by atoms with Crippen LogP contribution >= 0.6 is 0 Å². The summed E-state index contributed by atoms with van der Waals surface area (Å²) in [4.78, 5) is 0. The van der Waals surface area contributed by atoms with Crippen molar-refractivity contribution in [2.75, 3.05) is 0 Å². The Morgan fingerprint density at radius 3 is 1.24 bits per heavy atom. The predicted octanol–water partition coefficient (Wildman–Crippen LogP) is 12.4. The molecule has 0 aromatic heterocycles. The summed E-state index contributed by atoms with van der Waals surface area (Å²) < 4.78 is 0. The van der Waals surface area contributed by atoms with Crippen molar-refractivity contribution in [2.45, 2.75) is 194 Å². The second-order valence-corrected chi connectivity index (χ2v) is 11.0. The third kappa shape index (κ3) is 23.3. The Labute approximate surface area is 212 Å². The van der Waals surface area contributed by atoms with Crippen molar-refractivity contribution in [3.8, 4) is 0 Å². The fourth-order valence-corrected chi connectivity index (χ4v) is 5.30. The van der Waals surface area contributed by atoms with Crippen LogP contribution in [0, 0.1) is 0 Å². The van der Waals surface area contributed by atoms with E-state index in [2.05, 4.69) is 33.8 Å². The lowest BCUT2D eigenvalue weighted by atomic mass is 9.38. The maximum Gasteiger partial charge on any atom is 0.170 e. The van der Waals surface area contributed by atoms with Gasteiger partial charge in [0.2, 0.25) is 0 Å². The van der Waals surface area contributed by atoms with Gasteiger partial charge in [-0.15, -0.1) is 5.47 Å². The third-order valence-corrected chi connectivity index (χ3v) is 7.62. The van der Waals surface area contributed by atoms with E-state index in [9.17, 15) is 0 Å². The van der Waals surface area contributed by atoms with Crippen LogP contribution in [-0.2, 0) is 0 Å². The molecule has 0 bridgehead atoms. The standard InChI is InChI=1S/C32H65B/c1-5-9-13-17-21-25-29-32(28-24-20-16-12-8-4)33(30-26-22-18-14-10-6-2)31-27-23-19-15-11-7-3/h28H,5-27,29-31H2,1-4H3. The molecule has 0 rings (SSSR count). The van der Waals surface area contributed by atoms with E-state index in [4.69, 9.17) is 0 Å². The van der Waals surface area contributed by atoms with Gasteiger partial charge in [0, 0.05) is 0 Å². The molecule has 0 nitrogen and oxygen atoms in total. The van der Waals surface area contributed by atoms with Crippen LogP contribution in [0.2, 0.25) is 12.6 Å². The minimum atomic E-state index is 0.893. The van der Waals surface area contributed by atoms with E-state index < -0.39 is 0 Å². The average Bonchev–Trinajstić information content (AvgIpc) is 2.83. The highest BCUT2D eigenvalue weighted by Crippen LogP contribution is 2.25. The molecule has 0 spiro atoms. The first-order valence-electron chi connectivity index (χ1n) is 16.0. The molecule has 0 aliphatic carbocycles. The van der Waals surface area contributed by atoms with Crippen LogP contribution in [0.5, 0.6) is 0 Å². The van der Waals surface area contributed by atoms with E-state index in [1.165, 1.54) is 167 Å². The van der Waals surface area contributed by atoms with E-state index >= 15 is 0 Å². The molecule has 0 aliphatic rings. The summed E-state index contributed by atoms with van der Waals surface area (Å²) in [6, 6.07) is 0. The van der Waals surface area contributed by atoms with Gasteiger partial charge in [-0.1, -0.05) is 181 Å². The fourth-order valence-electron chi connectivity index (χ4n) is 5.30. The van der Waals surface area contributed by atoms with E-state index in [1.807, 2.05) is 5.47 Å². The number of hydrogen-bond donors (Lipinski definition) is 0. The van der Waals surface area contributed by atoms with Crippen LogP contribution in [0.15, 0.2) is 11.5 Å². The number of unbranched alkanes of at least 4 members (excludes halogenated alkanes) is 19. The Balaban J connectivity index is 4.76. The van der Waals surface area contributed by atoms with Crippen LogP contribution in [0.4, 0.5) is 0 Å². The normalized spacial score (nSPS) is 11.9. The summed E-state index contributed by atoms with van der Waals surface area (Å²) in [5, 5.41) is 0. The van der Waals surface area contributed by atoms with Crippen molar-refractivity contribution in [3.63, 3.8) is 0 Å². The fraction of sp³-hybridized carbons (Fsp3) is 0.938. The highest BCUT2D eigenvalue weighted by molar-refractivity contribution is 6.66. The first-order chi connectivity index (χ1) is 16.3. The first-order valence-corrected chi connectivity index (χ1v) is 16.0. The molecule has 0 aliphatic heterocycles. The zero-order valence-corrected chi connectivity index (χ0v) is 24.0. The van der Waals surface area contributed by atoms with Gasteiger partial charge in [0.25, 0.3) is 0 Å². The molecule has 0 N–H and O–H groups in total. The van der Waals surface area contributed by atoms with E-state index in [-0.39, 0.29) is 0 Å². The van der Waals surface area contributed by atoms with Crippen molar-refractivity contribution < 1.29 is 0 Å². The molecule has 0 saturated heterocycles. The topological polar surface area (TPSA) is 0 Å². The lowest BCUT2D eigenvalue weighted by molar-refractivity contribution is 0.606. The minimum absolute atomic E-state index is 0.893. The summed E-state index contributed by atoms with van der Waals surface area (Å²) in [6.07, 6.45) is 39.9. The molecule has 0 unspecified atom stereocenters. The molecule has 0 aromatic carbocycles. The van der Waals surface area contributed by atoms with Gasteiger partial charge in [-0.25, -0.2) is 0 Å².